The molecule has 2 nitrogen and oxygen atoms in total. The Labute approximate surface area is 112 Å². The van der Waals surface area contributed by atoms with Gasteiger partial charge in [0.1, 0.15) is 5.82 Å². The van der Waals surface area contributed by atoms with Gasteiger partial charge in [0, 0.05) is 0 Å². The van der Waals surface area contributed by atoms with Gasteiger partial charge in [-0.2, -0.15) is 0 Å². The molecule has 0 saturated heterocycles. The quantitative estimate of drug-likeness (QED) is 0.891. The average Bonchev–Trinajstić information content (AvgIpc) is 2.81. The van der Waals surface area contributed by atoms with Gasteiger partial charge in [0.25, 0.3) is 0 Å². The van der Waals surface area contributed by atoms with E-state index in [9.17, 15) is 4.39 Å². The minimum absolute atomic E-state index is 0.151. The normalized spacial score (nSPS) is 23.5. The van der Waals surface area contributed by atoms with E-state index < -0.39 is 5.82 Å². The van der Waals surface area contributed by atoms with Crippen LogP contribution in [0.15, 0.2) is 18.2 Å². The van der Waals surface area contributed by atoms with Crippen LogP contribution in [-0.2, 0) is 11.3 Å². The molecule has 0 heterocycles. The third-order valence-corrected chi connectivity index (χ3v) is 4.01. The molecule has 4 heteroatoms. The van der Waals surface area contributed by atoms with Crippen LogP contribution in [0.5, 0.6) is 0 Å². The van der Waals surface area contributed by atoms with E-state index in [-0.39, 0.29) is 5.02 Å². The first-order valence-corrected chi connectivity index (χ1v) is 6.80. The Kier molecular flexibility index (Phi) is 4.98. The standard InChI is InChI=1S/C14H19ClFNO/c15-13-5-4-10(6-14(13)16)8-18-9-12-3-1-2-11(12)7-17/h4-6,11-12H,1-3,7-9,17H2. The minimum Gasteiger partial charge on any atom is -0.376 e. The summed E-state index contributed by atoms with van der Waals surface area (Å²) in [6.45, 7) is 1.89. The Morgan fingerprint density at radius 1 is 1.33 bits per heavy atom. The van der Waals surface area contributed by atoms with Crippen LogP contribution < -0.4 is 5.73 Å². The highest BCUT2D eigenvalue weighted by Gasteiger charge is 2.25. The fraction of sp³-hybridized carbons (Fsp3) is 0.571. The molecule has 0 aliphatic heterocycles. The Morgan fingerprint density at radius 2 is 2.11 bits per heavy atom. The molecule has 1 aliphatic rings. The maximum atomic E-state index is 13.2. The van der Waals surface area contributed by atoms with Crippen LogP contribution in [0.2, 0.25) is 5.02 Å². The topological polar surface area (TPSA) is 35.2 Å². The van der Waals surface area contributed by atoms with Crippen molar-refractivity contribution in [1.82, 2.24) is 0 Å². The predicted molar refractivity (Wildman–Crippen MR) is 71.0 cm³/mol. The van der Waals surface area contributed by atoms with Crippen molar-refractivity contribution < 1.29 is 9.13 Å². The van der Waals surface area contributed by atoms with Crippen LogP contribution >= 0.6 is 11.6 Å². The Balaban J connectivity index is 1.79. The van der Waals surface area contributed by atoms with E-state index in [2.05, 4.69) is 0 Å². The maximum Gasteiger partial charge on any atom is 0.142 e. The second-order valence-electron chi connectivity index (χ2n) is 4.95. The molecule has 0 aromatic heterocycles. The van der Waals surface area contributed by atoms with Crippen molar-refractivity contribution in [2.45, 2.75) is 25.9 Å². The van der Waals surface area contributed by atoms with Crippen molar-refractivity contribution in [3.8, 4) is 0 Å². The molecular weight excluding hydrogens is 253 g/mol. The van der Waals surface area contributed by atoms with Gasteiger partial charge in [-0.25, -0.2) is 4.39 Å². The van der Waals surface area contributed by atoms with Crippen LogP contribution in [0.4, 0.5) is 4.39 Å². The molecular formula is C14H19ClFNO. The molecule has 2 rings (SSSR count). The van der Waals surface area contributed by atoms with E-state index in [1.54, 1.807) is 12.1 Å². The van der Waals surface area contributed by atoms with Crippen LogP contribution in [0.1, 0.15) is 24.8 Å². The summed E-state index contributed by atoms with van der Waals surface area (Å²) in [5.74, 6) is 0.762. The zero-order valence-corrected chi connectivity index (χ0v) is 11.1. The molecule has 2 atom stereocenters. The van der Waals surface area contributed by atoms with Gasteiger partial charge in [-0.3, -0.25) is 0 Å². The zero-order chi connectivity index (χ0) is 13.0. The lowest BCUT2D eigenvalue weighted by Crippen LogP contribution is -2.22. The molecule has 2 unspecified atom stereocenters. The summed E-state index contributed by atoms with van der Waals surface area (Å²) in [4.78, 5) is 0. The van der Waals surface area contributed by atoms with Crippen molar-refractivity contribution in [3.63, 3.8) is 0 Å². The smallest absolute Gasteiger partial charge is 0.142 e. The second-order valence-corrected chi connectivity index (χ2v) is 5.36. The van der Waals surface area contributed by atoms with Crippen LogP contribution in [0.3, 0.4) is 0 Å². The SMILES string of the molecule is NCC1CCCC1COCc1ccc(Cl)c(F)c1. The number of hydrogen-bond acceptors (Lipinski definition) is 2. The van der Waals surface area contributed by atoms with Gasteiger partial charge >= 0.3 is 0 Å². The van der Waals surface area contributed by atoms with Gasteiger partial charge in [0.15, 0.2) is 0 Å². The van der Waals surface area contributed by atoms with Gasteiger partial charge in [-0.05, 0) is 48.9 Å². The first kappa shape index (κ1) is 13.8. The zero-order valence-electron chi connectivity index (χ0n) is 10.4. The third kappa shape index (κ3) is 3.44. The largest absolute Gasteiger partial charge is 0.376 e. The Hall–Kier alpha value is -0.640. The summed E-state index contributed by atoms with van der Waals surface area (Å²) in [7, 11) is 0. The van der Waals surface area contributed by atoms with E-state index >= 15 is 0 Å². The molecule has 1 saturated carbocycles. The number of benzene rings is 1. The summed E-state index contributed by atoms with van der Waals surface area (Å²) in [5, 5.41) is 0.151. The van der Waals surface area contributed by atoms with E-state index in [1.165, 1.54) is 25.3 Å². The minimum atomic E-state index is -0.390. The van der Waals surface area contributed by atoms with Crippen molar-refractivity contribution >= 4 is 11.6 Å². The van der Waals surface area contributed by atoms with Gasteiger partial charge in [0.2, 0.25) is 0 Å². The van der Waals surface area contributed by atoms with Crippen LogP contribution in [-0.4, -0.2) is 13.2 Å². The predicted octanol–water partition coefficient (Wildman–Crippen LogP) is 3.37. The highest BCUT2D eigenvalue weighted by atomic mass is 35.5. The fourth-order valence-corrected chi connectivity index (χ4v) is 2.72. The highest BCUT2D eigenvalue weighted by Crippen LogP contribution is 2.31. The summed E-state index contributed by atoms with van der Waals surface area (Å²) in [6.07, 6.45) is 3.64. The number of halogens is 2. The van der Waals surface area contributed by atoms with Crippen molar-refractivity contribution in [2.24, 2.45) is 17.6 Å². The molecule has 1 aromatic carbocycles. The van der Waals surface area contributed by atoms with Crippen LogP contribution in [0.25, 0.3) is 0 Å². The monoisotopic (exact) mass is 271 g/mol. The Morgan fingerprint density at radius 3 is 2.83 bits per heavy atom. The van der Waals surface area contributed by atoms with Crippen LogP contribution in [0, 0.1) is 17.7 Å². The first-order chi connectivity index (χ1) is 8.70. The summed E-state index contributed by atoms with van der Waals surface area (Å²) in [5.41, 5.74) is 6.54. The second kappa shape index (κ2) is 6.50. The van der Waals surface area contributed by atoms with E-state index in [0.29, 0.717) is 25.0 Å². The number of rotatable bonds is 5. The lowest BCUT2D eigenvalue weighted by atomic mass is 9.97. The molecule has 100 valence electrons. The summed E-state index contributed by atoms with van der Waals surface area (Å²) in [6, 6.07) is 4.78. The molecule has 0 spiro atoms. The summed E-state index contributed by atoms with van der Waals surface area (Å²) >= 11 is 5.63. The van der Waals surface area contributed by atoms with Gasteiger partial charge in [-0.15, -0.1) is 0 Å². The van der Waals surface area contributed by atoms with E-state index in [1.807, 2.05) is 0 Å². The fourth-order valence-electron chi connectivity index (χ4n) is 2.60. The number of ether oxygens (including phenoxy) is 1. The third-order valence-electron chi connectivity index (χ3n) is 3.70. The number of hydrogen-bond donors (Lipinski definition) is 1. The lowest BCUT2D eigenvalue weighted by molar-refractivity contribution is 0.0752. The maximum absolute atomic E-state index is 13.2. The molecule has 1 aromatic rings. The molecule has 2 N–H and O–H groups in total. The van der Waals surface area contributed by atoms with Crippen molar-refractivity contribution in [3.05, 3.63) is 34.6 Å². The van der Waals surface area contributed by atoms with Gasteiger partial charge in [-0.1, -0.05) is 24.1 Å². The van der Waals surface area contributed by atoms with Crippen molar-refractivity contribution in [2.75, 3.05) is 13.2 Å². The van der Waals surface area contributed by atoms with Gasteiger partial charge in [0.05, 0.1) is 18.2 Å². The summed E-state index contributed by atoms with van der Waals surface area (Å²) < 4.78 is 18.9. The Bertz CT molecular complexity index is 399. The van der Waals surface area contributed by atoms with Crippen molar-refractivity contribution in [1.29, 1.82) is 0 Å². The molecule has 0 amide bonds. The molecule has 0 radical (unpaired) electrons. The molecule has 0 bridgehead atoms. The molecule has 18 heavy (non-hydrogen) atoms. The molecule has 1 aliphatic carbocycles. The highest BCUT2D eigenvalue weighted by molar-refractivity contribution is 6.30. The average molecular weight is 272 g/mol. The van der Waals surface area contributed by atoms with E-state index in [4.69, 9.17) is 22.1 Å². The molecule has 1 fully saturated rings. The van der Waals surface area contributed by atoms with E-state index in [0.717, 1.165) is 12.1 Å². The number of nitrogens with two attached hydrogens (primary N) is 1. The van der Waals surface area contributed by atoms with Gasteiger partial charge < -0.3 is 10.5 Å². The lowest BCUT2D eigenvalue weighted by Gasteiger charge is -2.17. The first-order valence-electron chi connectivity index (χ1n) is 6.42.